The van der Waals surface area contributed by atoms with Crippen LogP contribution in [0.2, 0.25) is 0 Å². The lowest BCUT2D eigenvalue weighted by molar-refractivity contribution is -0.271. The van der Waals surface area contributed by atoms with E-state index in [0.29, 0.717) is 10.5 Å². The Balaban J connectivity index is 1.77. The number of hydrogen-bond donors (Lipinski definition) is 4. The molecule has 4 N–H and O–H groups in total. The first-order valence-corrected chi connectivity index (χ1v) is 18.4. The molecule has 2 aromatic heterocycles. The van der Waals surface area contributed by atoms with E-state index in [-0.39, 0.29) is 17.0 Å². The van der Waals surface area contributed by atoms with Gasteiger partial charge in [-0.2, -0.15) is 0 Å². The molecule has 308 valence electrons. The first-order chi connectivity index (χ1) is 27.5. The Bertz CT molecular complexity index is 2050. The number of hydrogen-bond acceptors (Lipinski definition) is 14. The molecule has 5 atom stereocenters. The second-order valence-corrected chi connectivity index (χ2v) is 14.3. The summed E-state index contributed by atoms with van der Waals surface area (Å²) in [5, 5.41) is 26.7. The Kier molecular flexibility index (Phi) is 13.5. The van der Waals surface area contributed by atoms with Gasteiger partial charge in [0.1, 0.15) is 31.1 Å². The summed E-state index contributed by atoms with van der Waals surface area (Å²) in [6, 6.07) is 16.1. The van der Waals surface area contributed by atoms with Crippen LogP contribution in [0.3, 0.4) is 0 Å². The number of benzene rings is 2. The minimum absolute atomic E-state index is 0.137. The van der Waals surface area contributed by atoms with Gasteiger partial charge in [-0.05, 0) is 55.0 Å². The summed E-state index contributed by atoms with van der Waals surface area (Å²) in [5.74, 6) is -11.3. The number of aromatic nitrogens is 2. The van der Waals surface area contributed by atoms with Crippen molar-refractivity contribution in [3.63, 3.8) is 0 Å². The molecule has 2 aromatic carbocycles. The molecule has 58 heavy (non-hydrogen) atoms. The molecule has 3 heterocycles. The highest BCUT2D eigenvalue weighted by Gasteiger charge is 2.69. The van der Waals surface area contributed by atoms with E-state index in [1.807, 2.05) is 0 Å². The lowest BCUT2D eigenvalue weighted by Gasteiger charge is -2.55. The molecule has 4 aromatic rings. The van der Waals surface area contributed by atoms with Gasteiger partial charge in [0.15, 0.2) is 0 Å². The fraction of sp³-hybridized carbons (Fsp3) is 0.366. The Morgan fingerprint density at radius 3 is 2.33 bits per heavy atom. The standard InChI is InChI=1S/C41H45F2N5O10/c1-25(2)40(46-38(53)56-23-28-13-12-19-44-22-28)36(51)58-47-27(5)34(49)39(42,43)33(30-16-11-18-32(21-30)57-35(50)29-14-7-6-8-15-29)48(40)41(54,26(3)4)37(52)55-24-31-17-9-10-20-45-31/h6-22,25-27,33-34,47,49,54H,23-24H2,1-5H3,(H,46,53)/t27?,33?,34?,40-,41-/m0/s1. The maximum Gasteiger partial charge on any atom is 0.409 e. The Morgan fingerprint density at radius 1 is 0.966 bits per heavy atom. The molecule has 17 heteroatoms. The monoisotopic (exact) mass is 805 g/mol. The number of alkyl carbamates (subject to hydrolysis) is 1. The van der Waals surface area contributed by atoms with Crippen molar-refractivity contribution in [2.24, 2.45) is 11.8 Å². The van der Waals surface area contributed by atoms with Crippen LogP contribution in [0, 0.1) is 11.8 Å². The van der Waals surface area contributed by atoms with Gasteiger partial charge in [0.05, 0.1) is 17.3 Å². The van der Waals surface area contributed by atoms with Crippen LogP contribution < -0.4 is 15.5 Å². The molecule has 0 radical (unpaired) electrons. The highest BCUT2D eigenvalue weighted by atomic mass is 19.3. The summed E-state index contributed by atoms with van der Waals surface area (Å²) in [6.45, 7) is 5.47. The van der Waals surface area contributed by atoms with Gasteiger partial charge in [0.25, 0.3) is 5.92 Å². The topological polar surface area (TPSA) is 199 Å². The molecule has 0 aliphatic carbocycles. The van der Waals surface area contributed by atoms with Gasteiger partial charge in [-0.1, -0.05) is 70.2 Å². The Labute approximate surface area is 333 Å². The highest BCUT2D eigenvalue weighted by molar-refractivity contribution is 5.91. The molecule has 1 saturated heterocycles. The van der Waals surface area contributed by atoms with Crippen molar-refractivity contribution in [3.05, 3.63) is 126 Å². The summed E-state index contributed by atoms with van der Waals surface area (Å²) in [6.07, 6.45) is 0.257. The second kappa shape index (κ2) is 18.1. The number of halogens is 2. The van der Waals surface area contributed by atoms with Gasteiger partial charge in [0.2, 0.25) is 11.4 Å². The third-order valence-electron chi connectivity index (χ3n) is 9.68. The number of amides is 1. The molecule has 1 amide bonds. The van der Waals surface area contributed by atoms with E-state index in [4.69, 9.17) is 19.0 Å². The minimum atomic E-state index is -4.45. The number of carbonyl (C=O) groups is 4. The zero-order chi connectivity index (χ0) is 42.3. The highest BCUT2D eigenvalue weighted by Crippen LogP contribution is 2.50. The molecule has 15 nitrogen and oxygen atoms in total. The van der Waals surface area contributed by atoms with Crippen molar-refractivity contribution < 1.29 is 57.2 Å². The second-order valence-electron chi connectivity index (χ2n) is 14.3. The number of aliphatic hydroxyl groups is 2. The molecule has 0 saturated carbocycles. The number of alkyl halides is 2. The van der Waals surface area contributed by atoms with Gasteiger partial charge >= 0.3 is 24.0 Å². The molecule has 1 fully saturated rings. The van der Waals surface area contributed by atoms with Crippen LogP contribution in [-0.4, -0.2) is 78.5 Å². The number of nitrogens with zero attached hydrogens (tertiary/aromatic N) is 3. The van der Waals surface area contributed by atoms with Crippen LogP contribution in [0.4, 0.5) is 13.6 Å². The number of nitrogens with one attached hydrogen (secondary N) is 2. The number of rotatable bonds is 12. The van der Waals surface area contributed by atoms with Crippen molar-refractivity contribution in [2.45, 2.75) is 83.3 Å². The molecule has 1 aliphatic heterocycles. The number of aliphatic hydroxyl groups excluding tert-OH is 1. The number of carbonyl (C=O) groups excluding carboxylic acids is 4. The normalized spacial score (nSPS) is 22.1. The van der Waals surface area contributed by atoms with E-state index in [1.54, 1.807) is 42.5 Å². The summed E-state index contributed by atoms with van der Waals surface area (Å²) in [7, 11) is 0. The molecule has 1 aliphatic rings. The van der Waals surface area contributed by atoms with E-state index >= 15 is 8.78 Å². The summed E-state index contributed by atoms with van der Waals surface area (Å²) in [5.41, 5.74) is -3.77. The van der Waals surface area contributed by atoms with Crippen LogP contribution >= 0.6 is 0 Å². The fourth-order valence-electron chi connectivity index (χ4n) is 6.52. The molecular formula is C41H45F2N5O10. The molecular weight excluding hydrogens is 760 g/mol. The molecule has 0 spiro atoms. The molecule has 5 rings (SSSR count). The van der Waals surface area contributed by atoms with E-state index in [1.165, 1.54) is 76.6 Å². The Hall–Kier alpha value is -5.88. The smallest absolute Gasteiger partial charge is 0.409 e. The minimum Gasteiger partial charge on any atom is -0.456 e. The van der Waals surface area contributed by atoms with E-state index in [0.717, 1.165) is 19.1 Å². The van der Waals surface area contributed by atoms with Gasteiger partial charge in [-0.25, -0.2) is 32.9 Å². The van der Waals surface area contributed by atoms with Crippen LogP contribution in [0.5, 0.6) is 5.75 Å². The van der Waals surface area contributed by atoms with E-state index in [2.05, 4.69) is 20.8 Å². The summed E-state index contributed by atoms with van der Waals surface area (Å²) < 4.78 is 51.9. The number of esters is 2. The maximum absolute atomic E-state index is 17.6. The zero-order valence-electron chi connectivity index (χ0n) is 32.4. The van der Waals surface area contributed by atoms with Crippen LogP contribution in [0.25, 0.3) is 0 Å². The fourth-order valence-corrected chi connectivity index (χ4v) is 6.52. The van der Waals surface area contributed by atoms with Crippen LogP contribution in [-0.2, 0) is 37.1 Å². The summed E-state index contributed by atoms with van der Waals surface area (Å²) >= 11 is 0. The van der Waals surface area contributed by atoms with Gasteiger partial charge in [-0.3, -0.25) is 15.3 Å². The maximum atomic E-state index is 17.6. The third-order valence-corrected chi connectivity index (χ3v) is 9.68. The quantitative estimate of drug-likeness (QED) is 0.0861. The lowest BCUT2D eigenvalue weighted by atomic mass is 9.81. The molecule has 0 bridgehead atoms. The third kappa shape index (κ3) is 8.97. The molecule has 3 unspecified atom stereocenters. The van der Waals surface area contributed by atoms with Gasteiger partial charge < -0.3 is 29.3 Å². The summed E-state index contributed by atoms with van der Waals surface area (Å²) in [4.78, 5) is 70.1. The predicted octanol–water partition coefficient (Wildman–Crippen LogP) is 4.85. The van der Waals surface area contributed by atoms with E-state index < -0.39 is 90.1 Å². The first-order valence-electron chi connectivity index (χ1n) is 18.4. The average molecular weight is 806 g/mol. The first kappa shape index (κ1) is 43.2. The number of hydroxylamine groups is 1. The largest absolute Gasteiger partial charge is 0.456 e. The Morgan fingerprint density at radius 2 is 1.69 bits per heavy atom. The van der Waals surface area contributed by atoms with Gasteiger partial charge in [-0.15, -0.1) is 5.48 Å². The van der Waals surface area contributed by atoms with Crippen molar-refractivity contribution >= 4 is 24.0 Å². The predicted molar refractivity (Wildman–Crippen MR) is 201 cm³/mol. The van der Waals surface area contributed by atoms with Crippen molar-refractivity contribution in [1.82, 2.24) is 25.7 Å². The van der Waals surface area contributed by atoms with Crippen molar-refractivity contribution in [2.75, 3.05) is 0 Å². The van der Waals surface area contributed by atoms with Crippen LogP contribution in [0.15, 0.2) is 104 Å². The lowest BCUT2D eigenvalue weighted by Crippen LogP contribution is -2.79. The van der Waals surface area contributed by atoms with Crippen molar-refractivity contribution in [1.29, 1.82) is 0 Å². The SMILES string of the molecule is CC1NOC(=O)[C@](NC(=O)OCc2cccnc2)(C(C)C)N([C@@](O)(C(=O)OCc2ccccn2)C(C)C)C(c2cccc(OC(=O)c3ccccc3)c2)C(F)(F)C1O. The van der Waals surface area contributed by atoms with Crippen LogP contribution in [0.1, 0.15) is 67.8 Å². The number of pyridine rings is 2. The zero-order valence-corrected chi connectivity index (χ0v) is 32.4. The average Bonchev–Trinajstić information content (AvgIpc) is 3.24. The van der Waals surface area contributed by atoms with Gasteiger partial charge in [0, 0.05) is 36.0 Å². The van der Waals surface area contributed by atoms with E-state index in [9.17, 15) is 29.4 Å². The van der Waals surface area contributed by atoms with Crippen molar-refractivity contribution in [3.8, 4) is 5.75 Å². The number of ether oxygens (including phenoxy) is 3.